The molecule has 0 radical (unpaired) electrons. The Morgan fingerprint density at radius 1 is 0.839 bits per heavy atom. The minimum atomic E-state index is -3.91. The van der Waals surface area contributed by atoms with Gasteiger partial charge in [-0.25, -0.2) is 21.2 Å². The van der Waals surface area contributed by atoms with E-state index in [1.165, 1.54) is 40.7 Å². The fourth-order valence-corrected chi connectivity index (χ4v) is 5.98. The van der Waals surface area contributed by atoms with Crippen LogP contribution in [-0.4, -0.2) is 27.7 Å². The summed E-state index contributed by atoms with van der Waals surface area (Å²) in [7, 11) is -7.62. The second kappa shape index (κ2) is 8.23. The van der Waals surface area contributed by atoms with Crippen molar-refractivity contribution in [3.05, 3.63) is 88.7 Å². The molecule has 1 N–H and O–H groups in total. The number of anilines is 1. The Hall–Kier alpha value is -2.46. The van der Waals surface area contributed by atoms with E-state index < -0.39 is 25.9 Å². The van der Waals surface area contributed by atoms with Gasteiger partial charge in [0, 0.05) is 23.8 Å². The van der Waals surface area contributed by atoms with Crippen molar-refractivity contribution in [2.45, 2.75) is 22.8 Å². The lowest BCUT2D eigenvalue weighted by Crippen LogP contribution is -2.36. The molecule has 0 aromatic heterocycles. The van der Waals surface area contributed by atoms with Crippen molar-refractivity contribution >= 4 is 37.3 Å². The number of hydrogen-bond donors (Lipinski definition) is 1. The summed E-state index contributed by atoms with van der Waals surface area (Å²) in [6.07, 6.45) is 0.507. The molecule has 0 fully saturated rings. The van der Waals surface area contributed by atoms with Gasteiger partial charge in [0.05, 0.1) is 9.79 Å². The molecule has 1 heterocycles. The average molecular weight is 481 g/mol. The van der Waals surface area contributed by atoms with Crippen molar-refractivity contribution < 1.29 is 21.2 Å². The minimum absolute atomic E-state index is 0.0708. The van der Waals surface area contributed by atoms with Crippen molar-refractivity contribution in [3.8, 4) is 0 Å². The first-order chi connectivity index (χ1) is 14.6. The topological polar surface area (TPSA) is 83.6 Å². The van der Waals surface area contributed by atoms with E-state index in [0.717, 1.165) is 17.7 Å². The Morgan fingerprint density at radius 2 is 1.48 bits per heavy atom. The van der Waals surface area contributed by atoms with E-state index in [9.17, 15) is 21.2 Å². The summed E-state index contributed by atoms with van der Waals surface area (Å²) in [6, 6.07) is 15.5. The summed E-state index contributed by atoms with van der Waals surface area (Å²) in [5.74, 6) is -0.533. The van der Waals surface area contributed by atoms with E-state index >= 15 is 0 Å². The third-order valence-corrected chi connectivity index (χ3v) is 8.52. The first-order valence-corrected chi connectivity index (χ1v) is 12.6. The summed E-state index contributed by atoms with van der Waals surface area (Å²) >= 11 is 5.85. The molecule has 0 aliphatic carbocycles. The fraction of sp³-hybridized carbons (Fsp3) is 0.143. The number of benzene rings is 3. The molecule has 0 unspecified atom stereocenters. The Balaban J connectivity index is 1.58. The monoisotopic (exact) mass is 480 g/mol. The number of sulfonamides is 2. The summed E-state index contributed by atoms with van der Waals surface area (Å²) in [6.45, 7) is 0.436. The lowest BCUT2D eigenvalue weighted by atomic mass is 10.0. The zero-order valence-electron chi connectivity index (χ0n) is 16.1. The van der Waals surface area contributed by atoms with Gasteiger partial charge < -0.3 is 0 Å². The van der Waals surface area contributed by atoms with E-state index in [2.05, 4.69) is 4.72 Å². The molecule has 0 saturated carbocycles. The van der Waals surface area contributed by atoms with Gasteiger partial charge in [-0.15, -0.1) is 0 Å². The van der Waals surface area contributed by atoms with Crippen LogP contribution in [0, 0.1) is 5.82 Å². The highest BCUT2D eigenvalue weighted by atomic mass is 35.5. The summed E-state index contributed by atoms with van der Waals surface area (Å²) in [5.41, 5.74) is 1.96. The number of halogens is 2. The number of nitrogens with zero attached hydrogens (tertiary/aromatic N) is 1. The van der Waals surface area contributed by atoms with Crippen LogP contribution in [0.5, 0.6) is 0 Å². The molecule has 162 valence electrons. The van der Waals surface area contributed by atoms with E-state index in [0.29, 0.717) is 29.2 Å². The fourth-order valence-electron chi connectivity index (χ4n) is 3.38. The third kappa shape index (κ3) is 4.59. The Kier molecular flexibility index (Phi) is 5.78. The van der Waals surface area contributed by atoms with Crippen molar-refractivity contribution in [1.82, 2.24) is 4.31 Å². The highest BCUT2D eigenvalue weighted by Crippen LogP contribution is 2.28. The number of fused-ring (bicyclic) bond motifs is 1. The molecule has 3 aromatic rings. The van der Waals surface area contributed by atoms with Gasteiger partial charge >= 0.3 is 0 Å². The number of nitrogens with one attached hydrogen (secondary N) is 1. The van der Waals surface area contributed by atoms with E-state index in [4.69, 9.17) is 11.6 Å². The van der Waals surface area contributed by atoms with E-state index in [1.807, 2.05) is 0 Å². The van der Waals surface area contributed by atoms with Gasteiger partial charge in [0.15, 0.2) is 0 Å². The Bertz CT molecular complexity index is 1330. The average Bonchev–Trinajstić information content (AvgIpc) is 2.73. The van der Waals surface area contributed by atoms with Gasteiger partial charge in [-0.2, -0.15) is 4.31 Å². The molecular formula is C21H18ClFN2O4S2. The maximum atomic E-state index is 13.1. The van der Waals surface area contributed by atoms with Crippen molar-refractivity contribution in [2.75, 3.05) is 11.3 Å². The molecule has 10 heteroatoms. The quantitative estimate of drug-likeness (QED) is 0.597. The van der Waals surface area contributed by atoms with Gasteiger partial charge in [0.1, 0.15) is 5.82 Å². The normalized spacial score (nSPS) is 14.8. The van der Waals surface area contributed by atoms with Crippen LogP contribution in [0.3, 0.4) is 0 Å². The molecule has 1 aliphatic rings. The largest absolute Gasteiger partial charge is 0.280 e. The van der Waals surface area contributed by atoms with Crippen LogP contribution < -0.4 is 4.72 Å². The van der Waals surface area contributed by atoms with Crippen LogP contribution >= 0.6 is 11.6 Å². The van der Waals surface area contributed by atoms with Crippen LogP contribution in [0.2, 0.25) is 5.02 Å². The van der Waals surface area contributed by atoms with Crippen molar-refractivity contribution in [3.63, 3.8) is 0 Å². The molecule has 0 spiro atoms. The van der Waals surface area contributed by atoms with Crippen LogP contribution in [-0.2, 0) is 33.0 Å². The van der Waals surface area contributed by atoms with E-state index in [1.54, 1.807) is 18.2 Å². The zero-order chi connectivity index (χ0) is 22.2. The predicted octanol–water partition coefficient (Wildman–Crippen LogP) is 4.03. The lowest BCUT2D eigenvalue weighted by molar-refractivity contribution is 0.391. The van der Waals surface area contributed by atoms with Gasteiger partial charge in [0.25, 0.3) is 10.0 Å². The van der Waals surface area contributed by atoms with Crippen molar-refractivity contribution in [2.24, 2.45) is 0 Å². The summed E-state index contributed by atoms with van der Waals surface area (Å²) in [5, 5.41) is 0.445. The third-order valence-electron chi connectivity index (χ3n) is 5.01. The SMILES string of the molecule is O=S(=O)(Nc1ccc2c(c1)CN(S(=O)(=O)c1ccc(Cl)cc1)CC2)c1ccc(F)cc1. The molecular weight excluding hydrogens is 463 g/mol. The van der Waals surface area contributed by atoms with Gasteiger partial charge in [-0.1, -0.05) is 17.7 Å². The van der Waals surface area contributed by atoms with Gasteiger partial charge in [-0.05, 0) is 78.2 Å². The van der Waals surface area contributed by atoms with Gasteiger partial charge in [0.2, 0.25) is 10.0 Å². The standard InChI is InChI=1S/C21H18ClFN2O4S2/c22-17-2-7-21(8-3-17)31(28,29)25-12-11-15-1-6-19(13-16(15)14-25)24-30(26,27)20-9-4-18(23)5-10-20/h1-10,13,24H,11-12,14H2. The molecule has 0 amide bonds. The predicted molar refractivity (Wildman–Crippen MR) is 116 cm³/mol. The molecule has 6 nitrogen and oxygen atoms in total. The highest BCUT2D eigenvalue weighted by Gasteiger charge is 2.28. The zero-order valence-corrected chi connectivity index (χ0v) is 18.5. The second-order valence-electron chi connectivity index (χ2n) is 7.09. The molecule has 0 saturated heterocycles. The van der Waals surface area contributed by atoms with E-state index in [-0.39, 0.29) is 16.3 Å². The highest BCUT2D eigenvalue weighted by molar-refractivity contribution is 7.92. The summed E-state index contributed by atoms with van der Waals surface area (Å²) in [4.78, 5) is 0.0760. The lowest BCUT2D eigenvalue weighted by Gasteiger charge is -2.28. The van der Waals surface area contributed by atoms with Crippen LogP contribution in [0.15, 0.2) is 76.5 Å². The van der Waals surface area contributed by atoms with Gasteiger partial charge in [-0.3, -0.25) is 4.72 Å². The molecule has 3 aromatic carbocycles. The number of rotatable bonds is 5. The molecule has 0 atom stereocenters. The maximum absolute atomic E-state index is 13.1. The second-order valence-corrected chi connectivity index (χ2v) is 11.1. The molecule has 1 aliphatic heterocycles. The summed E-state index contributed by atoms with van der Waals surface area (Å²) < 4.78 is 68.0. The van der Waals surface area contributed by atoms with Crippen molar-refractivity contribution in [1.29, 1.82) is 0 Å². The first-order valence-electron chi connectivity index (χ1n) is 9.31. The smallest absolute Gasteiger partial charge is 0.261 e. The minimum Gasteiger partial charge on any atom is -0.280 e. The van der Waals surface area contributed by atoms with Crippen LogP contribution in [0.25, 0.3) is 0 Å². The number of hydrogen-bond acceptors (Lipinski definition) is 4. The Labute approximate surface area is 185 Å². The molecule has 31 heavy (non-hydrogen) atoms. The van der Waals surface area contributed by atoms with Crippen LogP contribution in [0.4, 0.5) is 10.1 Å². The Morgan fingerprint density at radius 3 is 2.16 bits per heavy atom. The first kappa shape index (κ1) is 21.8. The molecule has 4 rings (SSSR count). The molecule has 0 bridgehead atoms. The maximum Gasteiger partial charge on any atom is 0.261 e. The van der Waals surface area contributed by atoms with Crippen LogP contribution in [0.1, 0.15) is 11.1 Å².